The lowest BCUT2D eigenvalue weighted by atomic mass is 10.0. The Morgan fingerprint density at radius 3 is 2.28 bits per heavy atom. The Hall–Kier alpha value is -2.47. The summed E-state index contributed by atoms with van der Waals surface area (Å²) in [5.41, 5.74) is 1.90. The predicted octanol–water partition coefficient (Wildman–Crippen LogP) is 6.78. The lowest BCUT2D eigenvalue weighted by molar-refractivity contribution is -0.139. The Morgan fingerprint density at radius 1 is 0.889 bits per heavy atom. The minimum atomic E-state index is -0.634. The van der Waals surface area contributed by atoms with Gasteiger partial charge in [0.15, 0.2) is 0 Å². The summed E-state index contributed by atoms with van der Waals surface area (Å²) in [4.78, 5) is 30.0. The van der Waals surface area contributed by atoms with Crippen molar-refractivity contribution in [3.8, 4) is 0 Å². The molecular weight excluding hydrogens is 511 g/mol. The normalized spacial score (nSPS) is 14.4. The number of thioether (sulfide) groups is 1. The second-order valence-corrected chi connectivity index (χ2v) is 11.0. The van der Waals surface area contributed by atoms with Gasteiger partial charge >= 0.3 is 0 Å². The van der Waals surface area contributed by atoms with Crippen molar-refractivity contribution in [1.82, 2.24) is 10.2 Å². The van der Waals surface area contributed by atoms with Crippen LogP contribution in [0.1, 0.15) is 36.8 Å². The number of benzene rings is 3. The zero-order valence-electron chi connectivity index (χ0n) is 20.0. The second-order valence-electron chi connectivity index (χ2n) is 9.09. The molecule has 188 valence electrons. The van der Waals surface area contributed by atoms with Crippen LogP contribution in [0.4, 0.5) is 0 Å². The van der Waals surface area contributed by atoms with Gasteiger partial charge in [0.25, 0.3) is 0 Å². The number of amides is 2. The van der Waals surface area contributed by atoms with Crippen molar-refractivity contribution in [2.75, 3.05) is 5.75 Å². The molecule has 1 saturated carbocycles. The lowest BCUT2D eigenvalue weighted by Gasteiger charge is -2.32. The average Bonchev–Trinajstić information content (AvgIpc) is 3.39. The van der Waals surface area contributed by atoms with Crippen molar-refractivity contribution in [2.24, 2.45) is 0 Å². The van der Waals surface area contributed by atoms with E-state index in [4.69, 9.17) is 23.2 Å². The van der Waals surface area contributed by atoms with E-state index in [9.17, 15) is 9.59 Å². The fourth-order valence-corrected chi connectivity index (χ4v) is 5.64. The van der Waals surface area contributed by atoms with Crippen LogP contribution in [0, 0.1) is 0 Å². The molecule has 0 bridgehead atoms. The summed E-state index contributed by atoms with van der Waals surface area (Å²) in [6.07, 6.45) is 4.66. The molecule has 0 saturated heterocycles. The molecule has 36 heavy (non-hydrogen) atoms. The molecule has 0 heterocycles. The Bertz CT molecular complexity index is 1150. The number of carbonyl (C=O) groups excluding carboxylic acids is 2. The van der Waals surface area contributed by atoms with E-state index < -0.39 is 6.04 Å². The Morgan fingerprint density at radius 2 is 1.58 bits per heavy atom. The topological polar surface area (TPSA) is 49.4 Å². The summed E-state index contributed by atoms with van der Waals surface area (Å²) in [6, 6.07) is 24.3. The number of halogens is 2. The molecule has 4 rings (SSSR count). The molecular formula is C29H30Cl2N2O2S. The molecule has 1 fully saturated rings. The zero-order valence-corrected chi connectivity index (χ0v) is 22.4. The van der Waals surface area contributed by atoms with E-state index >= 15 is 0 Å². The third-order valence-corrected chi connectivity index (χ3v) is 7.87. The molecule has 0 aromatic heterocycles. The Balaban J connectivity index is 1.60. The van der Waals surface area contributed by atoms with Crippen LogP contribution in [0.2, 0.25) is 10.0 Å². The van der Waals surface area contributed by atoms with Crippen LogP contribution < -0.4 is 5.32 Å². The minimum Gasteiger partial charge on any atom is -0.352 e. The van der Waals surface area contributed by atoms with Crippen LogP contribution in [-0.2, 0) is 22.6 Å². The summed E-state index contributed by atoms with van der Waals surface area (Å²) in [5.74, 6) is 0.0135. The fourth-order valence-electron chi connectivity index (χ4n) is 4.51. The van der Waals surface area contributed by atoms with E-state index in [2.05, 4.69) is 5.32 Å². The summed E-state index contributed by atoms with van der Waals surface area (Å²) < 4.78 is 0. The molecule has 2 amide bonds. The monoisotopic (exact) mass is 540 g/mol. The number of hydrogen-bond acceptors (Lipinski definition) is 3. The largest absolute Gasteiger partial charge is 0.352 e. The lowest BCUT2D eigenvalue weighted by Crippen LogP contribution is -2.52. The van der Waals surface area contributed by atoms with Gasteiger partial charge in [-0.2, -0.15) is 0 Å². The molecule has 0 spiro atoms. The number of rotatable bonds is 10. The molecule has 3 aromatic carbocycles. The molecule has 0 aliphatic heterocycles. The van der Waals surface area contributed by atoms with Crippen molar-refractivity contribution in [3.05, 3.63) is 100 Å². The van der Waals surface area contributed by atoms with Crippen LogP contribution in [0.25, 0.3) is 0 Å². The fraction of sp³-hybridized carbons (Fsp3) is 0.310. The maximum atomic E-state index is 13.7. The number of nitrogens with zero attached hydrogens (tertiary/aromatic N) is 1. The van der Waals surface area contributed by atoms with Gasteiger partial charge < -0.3 is 10.2 Å². The van der Waals surface area contributed by atoms with E-state index in [0.717, 1.165) is 41.7 Å². The van der Waals surface area contributed by atoms with Gasteiger partial charge in [-0.05, 0) is 60.4 Å². The molecule has 4 nitrogen and oxygen atoms in total. The minimum absolute atomic E-state index is 0.0994. The van der Waals surface area contributed by atoms with Crippen molar-refractivity contribution in [2.45, 2.75) is 55.6 Å². The van der Waals surface area contributed by atoms with Gasteiger partial charge in [0.1, 0.15) is 6.04 Å². The molecule has 1 unspecified atom stereocenters. The van der Waals surface area contributed by atoms with Gasteiger partial charge in [-0.1, -0.05) is 78.5 Å². The maximum Gasteiger partial charge on any atom is 0.243 e. The SMILES string of the molecule is O=C(NC1CCCC1)C(Cc1ccccc1)N(Cc1cccc(Cl)c1)C(=O)CSc1ccc(Cl)cc1. The van der Waals surface area contributed by atoms with E-state index in [1.807, 2.05) is 78.9 Å². The first-order valence-corrected chi connectivity index (χ1v) is 14.0. The smallest absolute Gasteiger partial charge is 0.243 e. The van der Waals surface area contributed by atoms with Crippen molar-refractivity contribution in [1.29, 1.82) is 0 Å². The molecule has 1 aliphatic carbocycles. The second kappa shape index (κ2) is 13.2. The van der Waals surface area contributed by atoms with E-state index in [0.29, 0.717) is 23.0 Å². The first-order chi connectivity index (χ1) is 17.5. The third-order valence-electron chi connectivity index (χ3n) is 6.39. The zero-order chi connectivity index (χ0) is 25.3. The van der Waals surface area contributed by atoms with Gasteiger partial charge in [-0.3, -0.25) is 9.59 Å². The molecule has 1 N–H and O–H groups in total. The van der Waals surface area contributed by atoms with Crippen LogP contribution in [0.5, 0.6) is 0 Å². The van der Waals surface area contributed by atoms with E-state index in [1.165, 1.54) is 11.8 Å². The van der Waals surface area contributed by atoms with Crippen LogP contribution >= 0.6 is 35.0 Å². The standard InChI is InChI=1S/C29H30Cl2N2O2S/c30-23-13-15-26(16-14-23)36-20-28(34)33(19-22-9-6-10-24(31)17-22)27(18-21-7-2-1-3-8-21)29(35)32-25-11-4-5-12-25/h1-3,6-10,13-17,25,27H,4-5,11-12,18-20H2,(H,32,35). The van der Waals surface area contributed by atoms with Crippen LogP contribution in [-0.4, -0.2) is 34.6 Å². The van der Waals surface area contributed by atoms with Gasteiger partial charge in [0.05, 0.1) is 5.75 Å². The molecule has 1 aliphatic rings. The average molecular weight is 542 g/mol. The summed E-state index contributed by atoms with van der Waals surface area (Å²) in [6.45, 7) is 0.302. The van der Waals surface area contributed by atoms with Gasteiger partial charge in [-0.25, -0.2) is 0 Å². The number of nitrogens with one attached hydrogen (secondary N) is 1. The Labute approximate surface area is 227 Å². The maximum absolute atomic E-state index is 13.7. The van der Waals surface area contributed by atoms with Gasteiger partial charge in [0, 0.05) is 33.9 Å². The number of carbonyl (C=O) groups is 2. The first-order valence-electron chi connectivity index (χ1n) is 12.2. The highest BCUT2D eigenvalue weighted by molar-refractivity contribution is 8.00. The van der Waals surface area contributed by atoms with E-state index in [-0.39, 0.29) is 23.6 Å². The first kappa shape index (κ1) is 26.6. The molecule has 7 heteroatoms. The predicted molar refractivity (Wildman–Crippen MR) is 149 cm³/mol. The summed E-state index contributed by atoms with van der Waals surface area (Å²) >= 11 is 13.7. The highest BCUT2D eigenvalue weighted by Crippen LogP contribution is 2.24. The van der Waals surface area contributed by atoms with E-state index in [1.54, 1.807) is 4.90 Å². The highest BCUT2D eigenvalue weighted by atomic mass is 35.5. The van der Waals surface area contributed by atoms with Crippen molar-refractivity contribution in [3.63, 3.8) is 0 Å². The van der Waals surface area contributed by atoms with Crippen LogP contribution in [0.3, 0.4) is 0 Å². The highest BCUT2D eigenvalue weighted by Gasteiger charge is 2.32. The number of hydrogen-bond donors (Lipinski definition) is 1. The quantitative estimate of drug-likeness (QED) is 0.288. The third kappa shape index (κ3) is 7.76. The molecule has 3 aromatic rings. The summed E-state index contributed by atoms with van der Waals surface area (Å²) in [5, 5.41) is 4.49. The van der Waals surface area contributed by atoms with Gasteiger partial charge in [-0.15, -0.1) is 11.8 Å². The Kier molecular flexibility index (Phi) is 9.74. The molecule has 1 atom stereocenters. The van der Waals surface area contributed by atoms with Crippen molar-refractivity contribution < 1.29 is 9.59 Å². The van der Waals surface area contributed by atoms with Crippen LogP contribution in [0.15, 0.2) is 83.8 Å². The van der Waals surface area contributed by atoms with Gasteiger partial charge in [0.2, 0.25) is 11.8 Å². The molecule has 0 radical (unpaired) electrons. The van der Waals surface area contributed by atoms with Crippen molar-refractivity contribution >= 4 is 46.8 Å². The summed E-state index contributed by atoms with van der Waals surface area (Å²) in [7, 11) is 0.